The number of carbonyl (C=O) groups is 1. The molecule has 0 spiro atoms. The highest BCUT2D eigenvalue weighted by molar-refractivity contribution is 7.99. The molecule has 0 saturated heterocycles. The van der Waals surface area contributed by atoms with Crippen LogP contribution >= 0.6 is 11.8 Å². The third-order valence-electron chi connectivity index (χ3n) is 4.40. The highest BCUT2D eigenvalue weighted by Crippen LogP contribution is 2.34. The summed E-state index contributed by atoms with van der Waals surface area (Å²) < 4.78 is 38.6. The number of hydrogen-bond acceptors (Lipinski definition) is 6. The lowest BCUT2D eigenvalue weighted by Gasteiger charge is -2.13. The van der Waals surface area contributed by atoms with Gasteiger partial charge in [-0.15, -0.1) is 11.8 Å². The molecule has 28 heavy (non-hydrogen) atoms. The summed E-state index contributed by atoms with van der Waals surface area (Å²) in [5.41, 5.74) is 1.17. The number of amides is 1. The van der Waals surface area contributed by atoms with Gasteiger partial charge in [0.25, 0.3) is 0 Å². The Balaban J connectivity index is 1.83. The van der Waals surface area contributed by atoms with Gasteiger partial charge in [0, 0.05) is 28.7 Å². The number of anilines is 1. The predicted octanol–water partition coefficient (Wildman–Crippen LogP) is 2.86. The van der Waals surface area contributed by atoms with Crippen LogP contribution in [0.4, 0.5) is 5.69 Å². The normalized spacial score (nSPS) is 16.7. The van der Waals surface area contributed by atoms with Gasteiger partial charge in [-0.05, 0) is 36.4 Å². The molecule has 2 N–H and O–H groups in total. The summed E-state index contributed by atoms with van der Waals surface area (Å²) in [6.45, 7) is 1.88. The van der Waals surface area contributed by atoms with Crippen molar-refractivity contribution in [3.8, 4) is 11.5 Å². The average molecular weight is 423 g/mol. The van der Waals surface area contributed by atoms with E-state index >= 15 is 0 Å². The van der Waals surface area contributed by atoms with Crippen LogP contribution in [-0.4, -0.2) is 34.3 Å². The van der Waals surface area contributed by atoms with Crippen molar-refractivity contribution in [1.29, 1.82) is 0 Å². The van der Waals surface area contributed by atoms with E-state index in [0.29, 0.717) is 28.5 Å². The highest BCUT2D eigenvalue weighted by Gasteiger charge is 2.23. The highest BCUT2D eigenvalue weighted by atomic mass is 32.2. The van der Waals surface area contributed by atoms with Crippen LogP contribution in [0.5, 0.6) is 11.5 Å². The van der Waals surface area contributed by atoms with Gasteiger partial charge in [-0.1, -0.05) is 6.92 Å². The fourth-order valence-electron chi connectivity index (χ4n) is 2.72. The molecule has 150 valence electrons. The molecule has 7 nitrogen and oxygen atoms in total. The van der Waals surface area contributed by atoms with Crippen LogP contribution in [0, 0.1) is 5.92 Å². The van der Waals surface area contributed by atoms with Gasteiger partial charge in [0.15, 0.2) is 0 Å². The first kappa shape index (κ1) is 20.5. The first-order valence-corrected chi connectivity index (χ1v) is 11.1. The number of nitrogens with one attached hydrogen (secondary N) is 2. The second-order valence-electron chi connectivity index (χ2n) is 6.36. The van der Waals surface area contributed by atoms with Crippen LogP contribution in [0.3, 0.4) is 0 Å². The van der Waals surface area contributed by atoms with Crippen LogP contribution in [0.2, 0.25) is 0 Å². The lowest BCUT2D eigenvalue weighted by molar-refractivity contribution is -0.118. The standard InChI is InChI=1S/C19H22N2O5S2/c1-12-11-27-18-7-5-15(9-16(18)21-19(12)22)28(23,24)20-10-13-8-14(25-2)4-6-17(13)26-3/h4-9,12,20H,10-11H2,1-3H3,(H,21,22)/t12-/m1/s1. The second-order valence-corrected chi connectivity index (χ2v) is 9.19. The number of thioether (sulfide) groups is 1. The molecule has 9 heteroatoms. The van der Waals surface area contributed by atoms with E-state index in [1.54, 1.807) is 37.4 Å². The number of carbonyl (C=O) groups excluding carboxylic acids is 1. The van der Waals surface area contributed by atoms with Crippen molar-refractivity contribution in [3.05, 3.63) is 42.0 Å². The number of rotatable bonds is 6. The van der Waals surface area contributed by atoms with Gasteiger partial charge >= 0.3 is 0 Å². The van der Waals surface area contributed by atoms with Crippen LogP contribution < -0.4 is 19.5 Å². The zero-order chi connectivity index (χ0) is 20.3. The topological polar surface area (TPSA) is 93.7 Å². The van der Waals surface area contributed by atoms with E-state index < -0.39 is 10.0 Å². The number of ether oxygens (including phenoxy) is 2. The minimum absolute atomic E-state index is 0.0396. The van der Waals surface area contributed by atoms with Gasteiger partial charge in [0.2, 0.25) is 15.9 Å². The minimum Gasteiger partial charge on any atom is -0.497 e. The van der Waals surface area contributed by atoms with Crippen LogP contribution in [0.15, 0.2) is 46.2 Å². The largest absolute Gasteiger partial charge is 0.497 e. The Hall–Kier alpha value is -2.23. The molecule has 1 amide bonds. The smallest absolute Gasteiger partial charge is 0.240 e. The van der Waals surface area contributed by atoms with Crippen LogP contribution in [0.1, 0.15) is 12.5 Å². The first-order valence-electron chi connectivity index (χ1n) is 8.62. The van der Waals surface area contributed by atoms with Crippen molar-refractivity contribution in [3.63, 3.8) is 0 Å². The van der Waals surface area contributed by atoms with Crippen molar-refractivity contribution in [1.82, 2.24) is 4.72 Å². The van der Waals surface area contributed by atoms with Gasteiger partial charge in [-0.3, -0.25) is 4.79 Å². The van der Waals surface area contributed by atoms with Crippen LogP contribution in [-0.2, 0) is 21.4 Å². The van der Waals surface area contributed by atoms with Crippen molar-refractivity contribution in [2.75, 3.05) is 25.3 Å². The monoisotopic (exact) mass is 422 g/mol. The summed E-state index contributed by atoms with van der Waals surface area (Å²) in [7, 11) is -0.725. The number of sulfonamides is 1. The minimum atomic E-state index is -3.79. The molecule has 1 heterocycles. The molecule has 3 rings (SSSR count). The number of fused-ring (bicyclic) bond motifs is 1. The number of hydrogen-bond donors (Lipinski definition) is 2. The van der Waals surface area contributed by atoms with E-state index in [2.05, 4.69) is 10.0 Å². The molecule has 1 atom stereocenters. The van der Waals surface area contributed by atoms with Gasteiger partial charge in [0.1, 0.15) is 11.5 Å². The zero-order valence-electron chi connectivity index (χ0n) is 15.8. The first-order chi connectivity index (χ1) is 13.3. The summed E-state index contributed by atoms with van der Waals surface area (Å²) in [5, 5.41) is 2.80. The number of methoxy groups -OCH3 is 2. The molecular formula is C19H22N2O5S2. The Kier molecular flexibility index (Phi) is 6.17. The maximum absolute atomic E-state index is 12.8. The third kappa shape index (κ3) is 4.43. The molecule has 2 aromatic carbocycles. The second kappa shape index (κ2) is 8.42. The van der Waals surface area contributed by atoms with Gasteiger partial charge in [-0.25, -0.2) is 13.1 Å². The molecule has 1 aliphatic rings. The summed E-state index contributed by atoms with van der Waals surface area (Å²) in [6.07, 6.45) is 0. The fourth-order valence-corrected chi connectivity index (χ4v) is 4.77. The summed E-state index contributed by atoms with van der Waals surface area (Å²) in [4.78, 5) is 13.0. The average Bonchev–Trinajstić information content (AvgIpc) is 2.84. The lowest BCUT2D eigenvalue weighted by atomic mass is 10.2. The molecule has 1 aliphatic heterocycles. The van der Waals surface area contributed by atoms with Crippen molar-refractivity contribution >= 4 is 33.4 Å². The molecular weight excluding hydrogens is 400 g/mol. The maximum atomic E-state index is 12.8. The van der Waals surface area contributed by atoms with Gasteiger partial charge in [-0.2, -0.15) is 0 Å². The molecule has 0 aliphatic carbocycles. The lowest BCUT2D eigenvalue weighted by Crippen LogP contribution is -2.24. The Bertz CT molecular complexity index is 992. The van der Waals surface area contributed by atoms with E-state index in [9.17, 15) is 13.2 Å². The van der Waals surface area contributed by atoms with E-state index in [1.165, 1.54) is 24.9 Å². The summed E-state index contributed by atoms with van der Waals surface area (Å²) in [6, 6.07) is 9.93. The Labute approximate surface area is 168 Å². The fraction of sp³-hybridized carbons (Fsp3) is 0.316. The SMILES string of the molecule is COc1ccc(OC)c(CNS(=O)(=O)c2ccc3c(c2)NC(=O)[C@H](C)CS3)c1. The quantitative estimate of drug-likeness (QED) is 0.744. The molecule has 0 unspecified atom stereocenters. The Morgan fingerprint density at radius 1 is 1.18 bits per heavy atom. The van der Waals surface area contributed by atoms with E-state index in [4.69, 9.17) is 9.47 Å². The third-order valence-corrected chi connectivity index (χ3v) is 7.13. The number of benzene rings is 2. The van der Waals surface area contributed by atoms with Crippen molar-refractivity contribution < 1.29 is 22.7 Å². The Morgan fingerprint density at radius 3 is 2.68 bits per heavy atom. The molecule has 0 aromatic heterocycles. The van der Waals surface area contributed by atoms with Crippen molar-refractivity contribution in [2.45, 2.75) is 23.3 Å². The van der Waals surface area contributed by atoms with Gasteiger partial charge in [0.05, 0.1) is 24.8 Å². The molecule has 0 fully saturated rings. The zero-order valence-corrected chi connectivity index (χ0v) is 17.4. The predicted molar refractivity (Wildman–Crippen MR) is 109 cm³/mol. The van der Waals surface area contributed by atoms with E-state index in [-0.39, 0.29) is 23.3 Å². The molecule has 2 aromatic rings. The molecule has 0 radical (unpaired) electrons. The van der Waals surface area contributed by atoms with Crippen LogP contribution in [0.25, 0.3) is 0 Å². The Morgan fingerprint density at radius 2 is 1.96 bits per heavy atom. The molecule has 0 bridgehead atoms. The summed E-state index contributed by atoms with van der Waals surface area (Å²) in [5.74, 6) is 1.56. The summed E-state index contributed by atoms with van der Waals surface area (Å²) >= 11 is 1.53. The van der Waals surface area contributed by atoms with Crippen molar-refractivity contribution in [2.24, 2.45) is 5.92 Å². The van der Waals surface area contributed by atoms with Gasteiger partial charge < -0.3 is 14.8 Å². The molecule has 0 saturated carbocycles. The maximum Gasteiger partial charge on any atom is 0.240 e. The van der Waals surface area contributed by atoms with E-state index in [0.717, 1.165) is 4.90 Å². The van der Waals surface area contributed by atoms with E-state index in [1.807, 2.05) is 6.92 Å².